The van der Waals surface area contributed by atoms with Gasteiger partial charge in [-0.05, 0) is 25.0 Å². The topological polar surface area (TPSA) is 60.9 Å². The lowest BCUT2D eigenvalue weighted by molar-refractivity contribution is -0.129. The lowest BCUT2D eigenvalue weighted by atomic mass is 10.2. The minimum Gasteiger partial charge on any atom is -0.312 e. The maximum absolute atomic E-state index is 12.5. The minimum atomic E-state index is -0.349. The maximum Gasteiger partial charge on any atom is 0.327 e. The largest absolute Gasteiger partial charge is 0.327 e. The average Bonchev–Trinajstić information content (AvgIpc) is 3.19. The van der Waals surface area contributed by atoms with Crippen molar-refractivity contribution >= 4 is 23.5 Å². The SMILES string of the molecule is O=C1C[C@H](N2C(=O)[C@@H]3CCCN3C2=O)CN1c1ccccc1. The van der Waals surface area contributed by atoms with E-state index in [2.05, 4.69) is 0 Å². The number of nitrogens with zero attached hydrogens (tertiary/aromatic N) is 3. The van der Waals surface area contributed by atoms with E-state index < -0.39 is 0 Å². The summed E-state index contributed by atoms with van der Waals surface area (Å²) in [5.41, 5.74) is 0.814. The van der Waals surface area contributed by atoms with Gasteiger partial charge in [-0.25, -0.2) is 4.79 Å². The number of hydrogen-bond acceptors (Lipinski definition) is 3. The fraction of sp³-hybridized carbons (Fsp3) is 0.438. The van der Waals surface area contributed by atoms with Gasteiger partial charge in [0, 0.05) is 25.2 Å². The highest BCUT2D eigenvalue weighted by molar-refractivity contribution is 6.06. The molecular weight excluding hydrogens is 282 g/mol. The van der Waals surface area contributed by atoms with E-state index in [9.17, 15) is 14.4 Å². The van der Waals surface area contributed by atoms with E-state index in [0.717, 1.165) is 18.5 Å². The van der Waals surface area contributed by atoms with Crippen molar-refractivity contribution in [2.75, 3.05) is 18.0 Å². The Balaban J connectivity index is 1.57. The Morgan fingerprint density at radius 3 is 2.55 bits per heavy atom. The zero-order valence-electron chi connectivity index (χ0n) is 12.1. The summed E-state index contributed by atoms with van der Waals surface area (Å²) in [6, 6.07) is 8.50. The standard InChI is InChI=1S/C16H17N3O3/c20-14-9-12(10-18(14)11-5-2-1-3-6-11)19-15(21)13-7-4-8-17(13)16(19)22/h1-3,5-6,12-13H,4,7-10H2/t12-,13-/m0/s1. The fourth-order valence-corrected chi connectivity index (χ4v) is 3.70. The molecule has 6 nitrogen and oxygen atoms in total. The second kappa shape index (κ2) is 4.83. The second-order valence-electron chi connectivity index (χ2n) is 6.04. The van der Waals surface area contributed by atoms with Crippen molar-refractivity contribution in [1.82, 2.24) is 9.80 Å². The third kappa shape index (κ3) is 1.83. The normalized spacial score (nSPS) is 28.0. The van der Waals surface area contributed by atoms with Crippen LogP contribution in [0.15, 0.2) is 30.3 Å². The van der Waals surface area contributed by atoms with E-state index >= 15 is 0 Å². The van der Waals surface area contributed by atoms with Crippen LogP contribution >= 0.6 is 0 Å². The van der Waals surface area contributed by atoms with Gasteiger partial charge in [-0.3, -0.25) is 14.5 Å². The number of rotatable bonds is 2. The summed E-state index contributed by atoms with van der Waals surface area (Å²) in [6.07, 6.45) is 1.84. The number of carbonyl (C=O) groups is 3. The predicted molar refractivity (Wildman–Crippen MR) is 79.2 cm³/mol. The van der Waals surface area contributed by atoms with E-state index in [1.807, 2.05) is 30.3 Å². The zero-order valence-corrected chi connectivity index (χ0v) is 12.1. The van der Waals surface area contributed by atoms with Crippen LogP contribution in [-0.4, -0.2) is 52.8 Å². The Morgan fingerprint density at radius 2 is 1.82 bits per heavy atom. The molecule has 0 N–H and O–H groups in total. The number of imide groups is 1. The van der Waals surface area contributed by atoms with Gasteiger partial charge in [0.2, 0.25) is 5.91 Å². The molecule has 3 aliphatic heterocycles. The van der Waals surface area contributed by atoms with Crippen LogP contribution in [-0.2, 0) is 9.59 Å². The van der Waals surface area contributed by atoms with Gasteiger partial charge >= 0.3 is 6.03 Å². The van der Waals surface area contributed by atoms with Crippen LogP contribution < -0.4 is 4.90 Å². The summed E-state index contributed by atoms with van der Waals surface area (Å²) in [7, 11) is 0. The molecule has 2 atom stereocenters. The molecule has 3 saturated heterocycles. The minimum absolute atomic E-state index is 0.0381. The smallest absolute Gasteiger partial charge is 0.312 e. The predicted octanol–water partition coefficient (Wildman–Crippen LogP) is 1.22. The van der Waals surface area contributed by atoms with E-state index in [1.54, 1.807) is 9.80 Å². The fourth-order valence-electron chi connectivity index (χ4n) is 3.70. The number of urea groups is 1. The summed E-state index contributed by atoms with van der Waals surface area (Å²) in [4.78, 5) is 41.8. The Kier molecular flexibility index (Phi) is 2.92. The molecule has 3 aliphatic rings. The number of amides is 4. The van der Waals surface area contributed by atoms with Gasteiger partial charge in [0.25, 0.3) is 5.91 Å². The molecule has 6 heteroatoms. The van der Waals surface area contributed by atoms with Crippen LogP contribution in [0.2, 0.25) is 0 Å². The van der Waals surface area contributed by atoms with Gasteiger partial charge in [-0.2, -0.15) is 0 Å². The molecule has 114 valence electrons. The van der Waals surface area contributed by atoms with Crippen LogP contribution in [0.1, 0.15) is 19.3 Å². The van der Waals surface area contributed by atoms with Gasteiger partial charge in [0.1, 0.15) is 6.04 Å². The Labute approximate surface area is 128 Å². The molecule has 0 unspecified atom stereocenters. The van der Waals surface area contributed by atoms with Crippen molar-refractivity contribution in [3.63, 3.8) is 0 Å². The van der Waals surface area contributed by atoms with E-state index in [0.29, 0.717) is 13.1 Å². The first-order valence-electron chi connectivity index (χ1n) is 7.66. The highest BCUT2D eigenvalue weighted by Gasteiger charge is 2.52. The molecule has 0 saturated carbocycles. The number of fused-ring (bicyclic) bond motifs is 1. The number of anilines is 1. The molecule has 3 heterocycles. The molecule has 1 aromatic rings. The van der Waals surface area contributed by atoms with E-state index in [-0.39, 0.29) is 36.3 Å². The lowest BCUT2D eigenvalue weighted by Crippen LogP contribution is -2.43. The van der Waals surface area contributed by atoms with Crippen LogP contribution in [0, 0.1) is 0 Å². The molecule has 4 amide bonds. The molecule has 3 fully saturated rings. The first-order chi connectivity index (χ1) is 10.7. The molecule has 0 aromatic heterocycles. The van der Waals surface area contributed by atoms with Crippen molar-refractivity contribution in [3.05, 3.63) is 30.3 Å². The summed E-state index contributed by atoms with van der Waals surface area (Å²) in [5, 5.41) is 0. The monoisotopic (exact) mass is 299 g/mol. The molecule has 1 aromatic carbocycles. The quantitative estimate of drug-likeness (QED) is 0.771. The zero-order chi connectivity index (χ0) is 15.3. The molecule has 4 rings (SSSR count). The van der Waals surface area contributed by atoms with Crippen molar-refractivity contribution in [2.45, 2.75) is 31.3 Å². The number of benzene rings is 1. The first kappa shape index (κ1) is 13.3. The van der Waals surface area contributed by atoms with Crippen LogP contribution in [0.5, 0.6) is 0 Å². The average molecular weight is 299 g/mol. The highest BCUT2D eigenvalue weighted by atomic mass is 16.2. The first-order valence-corrected chi connectivity index (χ1v) is 7.66. The Morgan fingerprint density at radius 1 is 1.05 bits per heavy atom. The Bertz CT molecular complexity index is 623. The molecule has 0 aliphatic carbocycles. The van der Waals surface area contributed by atoms with E-state index in [1.165, 1.54) is 4.90 Å². The summed E-state index contributed by atoms with van der Waals surface area (Å²) in [6.45, 7) is 1.04. The molecule has 0 spiro atoms. The second-order valence-corrected chi connectivity index (χ2v) is 6.04. The molecule has 0 radical (unpaired) electrons. The van der Waals surface area contributed by atoms with Crippen LogP contribution in [0.4, 0.5) is 10.5 Å². The number of para-hydroxylation sites is 1. The molecular formula is C16H17N3O3. The number of carbonyl (C=O) groups excluding carboxylic acids is 3. The summed E-state index contributed by atoms with van der Waals surface area (Å²) >= 11 is 0. The van der Waals surface area contributed by atoms with Crippen molar-refractivity contribution in [2.24, 2.45) is 0 Å². The third-order valence-electron chi connectivity index (χ3n) is 4.76. The van der Waals surface area contributed by atoms with Crippen LogP contribution in [0.3, 0.4) is 0 Å². The molecule has 22 heavy (non-hydrogen) atoms. The summed E-state index contributed by atoms with van der Waals surface area (Å²) in [5.74, 6) is -0.168. The van der Waals surface area contributed by atoms with Gasteiger partial charge in [0.05, 0.1) is 6.04 Å². The van der Waals surface area contributed by atoms with Gasteiger partial charge < -0.3 is 9.80 Å². The Hall–Kier alpha value is -2.37. The van der Waals surface area contributed by atoms with Gasteiger partial charge in [-0.1, -0.05) is 18.2 Å². The molecule has 0 bridgehead atoms. The highest BCUT2D eigenvalue weighted by Crippen LogP contribution is 2.32. The van der Waals surface area contributed by atoms with Crippen molar-refractivity contribution in [1.29, 1.82) is 0 Å². The maximum atomic E-state index is 12.5. The van der Waals surface area contributed by atoms with Crippen molar-refractivity contribution < 1.29 is 14.4 Å². The third-order valence-corrected chi connectivity index (χ3v) is 4.76. The van der Waals surface area contributed by atoms with Gasteiger partial charge in [-0.15, -0.1) is 0 Å². The van der Waals surface area contributed by atoms with E-state index in [4.69, 9.17) is 0 Å². The van der Waals surface area contributed by atoms with Crippen molar-refractivity contribution in [3.8, 4) is 0 Å². The van der Waals surface area contributed by atoms with Crippen LogP contribution in [0.25, 0.3) is 0 Å². The summed E-state index contributed by atoms with van der Waals surface area (Å²) < 4.78 is 0. The number of hydrogen-bond donors (Lipinski definition) is 0. The van der Waals surface area contributed by atoms with Gasteiger partial charge in [0.15, 0.2) is 0 Å². The lowest BCUT2D eigenvalue weighted by Gasteiger charge is -2.22.